The molecule has 24 heavy (non-hydrogen) atoms. The van der Waals surface area contributed by atoms with Crippen molar-refractivity contribution >= 4 is 21.9 Å². The molecule has 0 aromatic heterocycles. The van der Waals surface area contributed by atoms with Crippen molar-refractivity contribution in [1.82, 2.24) is 9.62 Å². The van der Waals surface area contributed by atoms with Crippen molar-refractivity contribution in [3.05, 3.63) is 29.8 Å². The summed E-state index contributed by atoms with van der Waals surface area (Å²) in [7, 11) is -2.76. The second kappa shape index (κ2) is 7.62. The molecule has 1 aromatic rings. The number of rotatable bonds is 7. The summed E-state index contributed by atoms with van der Waals surface area (Å²) in [5, 5.41) is 10.2. The third-order valence-electron chi connectivity index (χ3n) is 2.91. The number of benzene rings is 1. The van der Waals surface area contributed by atoms with Gasteiger partial charge in [0.2, 0.25) is 10.0 Å². The van der Waals surface area contributed by atoms with E-state index in [0.717, 1.165) is 28.6 Å². The SMILES string of the molecule is CN(CCC(=O)O)S(=O)(=O)c1ccc(C(=O)NCC(F)(F)F)cc1. The topological polar surface area (TPSA) is 104 Å². The van der Waals surface area contributed by atoms with E-state index < -0.39 is 34.6 Å². The van der Waals surface area contributed by atoms with Crippen LogP contribution in [0.5, 0.6) is 0 Å². The molecule has 0 aliphatic carbocycles. The van der Waals surface area contributed by atoms with Gasteiger partial charge in [-0.05, 0) is 24.3 Å². The fraction of sp³-hybridized carbons (Fsp3) is 0.385. The standard InChI is InChI=1S/C13H15F3N2O5S/c1-18(7-6-11(19)20)24(22,23)10-4-2-9(3-5-10)12(21)17-8-13(14,15)16/h2-5H,6-8H2,1H3,(H,17,21)(H,19,20). The third kappa shape index (κ3) is 5.81. The molecule has 134 valence electrons. The molecule has 0 radical (unpaired) electrons. The largest absolute Gasteiger partial charge is 0.481 e. The second-order valence-corrected chi connectivity index (χ2v) is 6.84. The lowest BCUT2D eigenvalue weighted by Crippen LogP contribution is -2.33. The lowest BCUT2D eigenvalue weighted by atomic mass is 10.2. The summed E-state index contributed by atoms with van der Waals surface area (Å²) in [6.07, 6.45) is -4.93. The molecule has 0 aliphatic rings. The molecule has 0 unspecified atom stereocenters. The molecule has 1 amide bonds. The summed E-state index contributed by atoms with van der Waals surface area (Å²) in [5.74, 6) is -2.15. The number of carbonyl (C=O) groups excluding carboxylic acids is 1. The Bertz CT molecular complexity index is 701. The van der Waals surface area contributed by atoms with Gasteiger partial charge < -0.3 is 10.4 Å². The van der Waals surface area contributed by atoms with Crippen molar-refractivity contribution in [3.63, 3.8) is 0 Å². The summed E-state index contributed by atoms with van der Waals surface area (Å²) in [6, 6.07) is 4.28. The first-order valence-electron chi connectivity index (χ1n) is 6.56. The molecule has 0 aliphatic heterocycles. The van der Waals surface area contributed by atoms with Crippen LogP contribution in [0.15, 0.2) is 29.2 Å². The van der Waals surface area contributed by atoms with E-state index in [2.05, 4.69) is 0 Å². The van der Waals surface area contributed by atoms with Crippen LogP contribution >= 0.6 is 0 Å². The molecule has 0 spiro atoms. The van der Waals surface area contributed by atoms with E-state index in [0.29, 0.717) is 0 Å². The van der Waals surface area contributed by atoms with Crippen molar-refractivity contribution in [2.24, 2.45) is 0 Å². The molecular formula is C13H15F3N2O5S. The Hall–Kier alpha value is -2.14. The molecule has 0 heterocycles. The van der Waals surface area contributed by atoms with Gasteiger partial charge in [0, 0.05) is 19.2 Å². The van der Waals surface area contributed by atoms with E-state index in [-0.39, 0.29) is 23.4 Å². The summed E-state index contributed by atoms with van der Waals surface area (Å²) < 4.78 is 61.3. The lowest BCUT2D eigenvalue weighted by Gasteiger charge is -2.16. The molecule has 0 saturated carbocycles. The van der Waals surface area contributed by atoms with Gasteiger partial charge in [-0.25, -0.2) is 12.7 Å². The van der Waals surface area contributed by atoms with E-state index in [4.69, 9.17) is 5.11 Å². The first kappa shape index (κ1) is 19.9. The highest BCUT2D eigenvalue weighted by molar-refractivity contribution is 7.89. The van der Waals surface area contributed by atoms with Gasteiger partial charge in [0.15, 0.2) is 0 Å². The molecule has 0 saturated heterocycles. The van der Waals surface area contributed by atoms with Crippen molar-refractivity contribution in [2.45, 2.75) is 17.5 Å². The van der Waals surface area contributed by atoms with Gasteiger partial charge in [-0.1, -0.05) is 0 Å². The Morgan fingerprint density at radius 2 is 1.75 bits per heavy atom. The molecular weight excluding hydrogens is 353 g/mol. The maximum absolute atomic E-state index is 12.2. The number of aliphatic carboxylic acids is 1. The number of carbonyl (C=O) groups is 2. The number of carboxylic acid groups (broad SMARTS) is 1. The minimum absolute atomic E-state index is 0.133. The van der Waals surface area contributed by atoms with Gasteiger partial charge >= 0.3 is 12.1 Å². The van der Waals surface area contributed by atoms with Crippen LogP contribution in [-0.2, 0) is 14.8 Å². The van der Waals surface area contributed by atoms with Crippen LogP contribution in [0.4, 0.5) is 13.2 Å². The van der Waals surface area contributed by atoms with Crippen molar-refractivity contribution in [3.8, 4) is 0 Å². The number of amides is 1. The van der Waals surface area contributed by atoms with Crippen molar-refractivity contribution < 1.29 is 36.3 Å². The Kier molecular flexibility index (Phi) is 6.32. The highest BCUT2D eigenvalue weighted by Crippen LogP contribution is 2.16. The van der Waals surface area contributed by atoms with Crippen molar-refractivity contribution in [2.75, 3.05) is 20.1 Å². The zero-order chi connectivity index (χ0) is 18.5. The van der Waals surface area contributed by atoms with E-state index in [1.54, 1.807) is 5.32 Å². The van der Waals surface area contributed by atoms with E-state index in [1.807, 2.05) is 0 Å². The van der Waals surface area contributed by atoms with Gasteiger partial charge in [-0.3, -0.25) is 9.59 Å². The van der Waals surface area contributed by atoms with Crippen molar-refractivity contribution in [1.29, 1.82) is 0 Å². The average molecular weight is 368 g/mol. The summed E-state index contributed by atoms with van der Waals surface area (Å²) in [4.78, 5) is 21.8. The minimum Gasteiger partial charge on any atom is -0.481 e. The number of hydrogen-bond donors (Lipinski definition) is 2. The predicted molar refractivity (Wildman–Crippen MR) is 76.9 cm³/mol. The van der Waals surface area contributed by atoms with Gasteiger partial charge in [-0.15, -0.1) is 0 Å². The van der Waals surface area contributed by atoms with Crippen LogP contribution in [-0.4, -0.2) is 56.0 Å². The van der Waals surface area contributed by atoms with Crippen LogP contribution in [0.25, 0.3) is 0 Å². The first-order chi connectivity index (χ1) is 10.9. The van der Waals surface area contributed by atoms with Gasteiger partial charge in [0.25, 0.3) is 5.91 Å². The maximum atomic E-state index is 12.2. The zero-order valence-electron chi connectivity index (χ0n) is 12.5. The second-order valence-electron chi connectivity index (χ2n) is 4.79. The molecule has 11 heteroatoms. The molecule has 7 nitrogen and oxygen atoms in total. The van der Waals surface area contributed by atoms with Gasteiger partial charge in [0.1, 0.15) is 6.54 Å². The quantitative estimate of drug-likeness (QED) is 0.749. The first-order valence-corrected chi connectivity index (χ1v) is 8.00. The number of halogens is 3. The average Bonchev–Trinajstić information content (AvgIpc) is 2.49. The van der Waals surface area contributed by atoms with Crippen LogP contribution in [0.3, 0.4) is 0 Å². The van der Waals surface area contributed by atoms with E-state index >= 15 is 0 Å². The zero-order valence-corrected chi connectivity index (χ0v) is 13.3. The Morgan fingerprint density at radius 1 is 1.21 bits per heavy atom. The van der Waals surface area contributed by atoms with E-state index in [9.17, 15) is 31.2 Å². The summed E-state index contributed by atoms with van der Waals surface area (Å²) in [6.45, 7) is -1.74. The number of nitrogens with one attached hydrogen (secondary N) is 1. The number of nitrogens with zero attached hydrogens (tertiary/aromatic N) is 1. The number of carboxylic acids is 1. The highest BCUT2D eigenvalue weighted by Gasteiger charge is 2.28. The molecule has 1 rings (SSSR count). The lowest BCUT2D eigenvalue weighted by molar-refractivity contribution is -0.137. The predicted octanol–water partition coefficient (Wildman–Crippen LogP) is 1.07. The molecule has 0 atom stereocenters. The van der Waals surface area contributed by atoms with Crippen LogP contribution in [0, 0.1) is 0 Å². The fourth-order valence-corrected chi connectivity index (χ4v) is 2.79. The molecule has 1 aromatic carbocycles. The monoisotopic (exact) mass is 368 g/mol. The normalized spacial score (nSPS) is 12.2. The molecule has 2 N–H and O–H groups in total. The van der Waals surface area contributed by atoms with Gasteiger partial charge in [-0.2, -0.15) is 13.2 Å². The number of sulfonamides is 1. The smallest absolute Gasteiger partial charge is 0.405 e. The van der Waals surface area contributed by atoms with Crippen LogP contribution in [0.1, 0.15) is 16.8 Å². The van der Waals surface area contributed by atoms with Gasteiger partial charge in [0.05, 0.1) is 11.3 Å². The number of hydrogen-bond acceptors (Lipinski definition) is 4. The minimum atomic E-state index is -4.55. The van der Waals surface area contributed by atoms with Crippen LogP contribution < -0.4 is 5.32 Å². The van der Waals surface area contributed by atoms with Crippen LogP contribution in [0.2, 0.25) is 0 Å². The number of alkyl halides is 3. The van der Waals surface area contributed by atoms with E-state index in [1.165, 1.54) is 7.05 Å². The Labute approximate surface area is 136 Å². The summed E-state index contributed by atoms with van der Waals surface area (Å²) >= 11 is 0. The fourth-order valence-electron chi connectivity index (χ4n) is 1.61. The Balaban J connectivity index is 2.82. The highest BCUT2D eigenvalue weighted by atomic mass is 32.2. The molecule has 0 fully saturated rings. The summed E-state index contributed by atoms with van der Waals surface area (Å²) in [5.41, 5.74) is -0.133. The molecule has 0 bridgehead atoms. The maximum Gasteiger partial charge on any atom is 0.405 e. The Morgan fingerprint density at radius 3 is 2.21 bits per heavy atom. The third-order valence-corrected chi connectivity index (χ3v) is 4.79.